The van der Waals surface area contributed by atoms with Gasteiger partial charge in [0.2, 0.25) is 0 Å². The lowest BCUT2D eigenvalue weighted by Crippen LogP contribution is -2.10. The first-order valence-electron chi connectivity index (χ1n) is 42.4. The van der Waals surface area contributed by atoms with Crippen molar-refractivity contribution >= 4 is 133 Å². The van der Waals surface area contributed by atoms with E-state index in [-0.39, 0.29) is 0 Å². The van der Waals surface area contributed by atoms with E-state index >= 15 is 0 Å². The van der Waals surface area contributed by atoms with Crippen molar-refractivity contribution in [1.29, 1.82) is 0 Å². The molecule has 124 heavy (non-hydrogen) atoms. The average Bonchev–Trinajstić information content (AvgIpc) is 1.65. The molecule has 0 aliphatic heterocycles. The lowest BCUT2D eigenvalue weighted by molar-refractivity contribution is 1.18. The van der Waals surface area contributed by atoms with E-state index in [9.17, 15) is 0 Å². The minimum Gasteiger partial charge on any atom is -0.310 e. The van der Waals surface area contributed by atoms with E-state index in [0.717, 1.165) is 68.2 Å². The van der Waals surface area contributed by atoms with E-state index < -0.39 is 0 Å². The third kappa shape index (κ3) is 15.5. The quantitative estimate of drug-likeness (QED) is 0.0906. The summed E-state index contributed by atoms with van der Waals surface area (Å²) in [5.41, 5.74) is 30.6. The van der Waals surface area contributed by atoms with Crippen LogP contribution in [0.4, 0.5) is 68.2 Å². The van der Waals surface area contributed by atoms with Crippen molar-refractivity contribution in [2.24, 2.45) is 0 Å². The van der Waals surface area contributed by atoms with Gasteiger partial charge in [0.15, 0.2) is 0 Å². The van der Waals surface area contributed by atoms with Crippen LogP contribution in [0.3, 0.4) is 0 Å². The van der Waals surface area contributed by atoms with Crippen molar-refractivity contribution in [2.75, 3.05) is 19.6 Å². The van der Waals surface area contributed by atoms with Gasteiger partial charge in [-0.3, -0.25) is 0 Å². The Balaban J connectivity index is 0.000000118. The van der Waals surface area contributed by atoms with Gasteiger partial charge in [-0.15, -0.1) is 0 Å². The zero-order chi connectivity index (χ0) is 83.1. The molecule has 0 radical (unpaired) electrons. The van der Waals surface area contributed by atoms with Crippen LogP contribution in [0.2, 0.25) is 0 Å². The fraction of sp³-hybridized carbons (Fsp3) is 0.0169. The number of benzene rings is 20. The maximum atomic E-state index is 2.36. The molecule has 0 aliphatic carbocycles. The summed E-state index contributed by atoms with van der Waals surface area (Å²) in [5.74, 6) is 0. The first-order valence-corrected chi connectivity index (χ1v) is 42.4. The van der Waals surface area contributed by atoms with Gasteiger partial charge in [0, 0.05) is 101 Å². The Morgan fingerprint density at radius 1 is 0.153 bits per heavy atom. The van der Waals surface area contributed by atoms with E-state index in [1.165, 1.54) is 121 Å². The molecule has 0 aliphatic rings. The van der Waals surface area contributed by atoms with Crippen LogP contribution in [0.25, 0.3) is 110 Å². The maximum Gasteiger partial charge on any atom is 0.0541 e. The number of hydrogen-bond donors (Lipinski definition) is 0. The molecule has 0 spiro atoms. The van der Waals surface area contributed by atoms with E-state index in [4.69, 9.17) is 0 Å². The SMILES string of the molecule is Cc1cccc(N(c2ccccc2)c2ccc(-c3ccc(N(c4ccccc4)c4cccc(C)c4)cc3)cc2)c1.c1ccc(N(c2ccc(-c3ccc(N(c4ccccc4)c4cccc5ccccc45)cc3)cc2)c2cccc3ccccc23)cc1.c1ccc2c(c1)c1ccccc1n2-c1ccc(-c2ccc(-n3c4ccccc4c4ccccc43)cc2)cc1. The van der Waals surface area contributed by atoms with Crippen LogP contribution in [-0.4, -0.2) is 9.13 Å². The van der Waals surface area contributed by atoms with Crippen LogP contribution in [0, 0.1) is 13.8 Å². The van der Waals surface area contributed by atoms with Crippen LogP contribution < -0.4 is 19.6 Å². The highest BCUT2D eigenvalue weighted by molar-refractivity contribution is 6.11. The first-order chi connectivity index (χ1) is 61.3. The Morgan fingerprint density at radius 3 is 0.653 bits per heavy atom. The molecule has 2 heterocycles. The highest BCUT2D eigenvalue weighted by Crippen LogP contribution is 2.45. The standard InChI is InChI=1S/C44H32N2.C38H32N2.C36H24N2/c1-3-17-37(18-4-1)45(43-23-11-15-35-13-7-9-21-41(35)43)39-29-25-33(26-30-39)34-27-31-40(32-28-34)46(38-19-5-2-6-20-38)44-24-12-16-36-14-8-10-22-42(36)44;1-29-11-9-17-37(27-29)39(33-13-5-3-6-14-33)35-23-19-31(20-24-35)32-21-25-36(26-22-32)40(34-15-7-4-8-16-34)38-18-10-12-30(2)28-38;1-5-13-33-29(9-1)30-10-2-6-14-34(30)37(33)27-21-17-25(18-22-27)26-19-23-28(24-20-26)38-35-15-7-3-11-31(35)32-12-4-8-16-36(32)38/h1-32H;3-28H,1-2H3;1-24H. The molecule has 0 N–H and O–H groups in total. The van der Waals surface area contributed by atoms with Gasteiger partial charge in [0.1, 0.15) is 0 Å². The van der Waals surface area contributed by atoms with Gasteiger partial charge < -0.3 is 28.7 Å². The molecular formula is C118H88N6. The van der Waals surface area contributed by atoms with E-state index in [0.29, 0.717) is 0 Å². The Labute approximate surface area is 724 Å². The van der Waals surface area contributed by atoms with Gasteiger partial charge in [0.05, 0.1) is 33.4 Å². The largest absolute Gasteiger partial charge is 0.310 e. The summed E-state index contributed by atoms with van der Waals surface area (Å²) in [6.45, 7) is 4.27. The van der Waals surface area contributed by atoms with Crippen molar-refractivity contribution < 1.29 is 0 Å². The zero-order valence-electron chi connectivity index (χ0n) is 69.0. The number of aromatic nitrogens is 2. The molecule has 22 aromatic rings. The lowest BCUT2D eigenvalue weighted by atomic mass is 10.0. The molecule has 6 heteroatoms. The van der Waals surface area contributed by atoms with Crippen LogP contribution in [0.1, 0.15) is 11.1 Å². The van der Waals surface area contributed by atoms with Crippen LogP contribution >= 0.6 is 0 Å². The van der Waals surface area contributed by atoms with Gasteiger partial charge in [-0.2, -0.15) is 0 Å². The minimum atomic E-state index is 1.12. The monoisotopic (exact) mass is 1590 g/mol. The number of fused-ring (bicyclic) bond motifs is 8. The number of anilines is 12. The summed E-state index contributed by atoms with van der Waals surface area (Å²) in [6.07, 6.45) is 0. The van der Waals surface area contributed by atoms with Crippen molar-refractivity contribution in [3.8, 4) is 44.8 Å². The Kier molecular flexibility index (Phi) is 21.3. The fourth-order valence-electron chi connectivity index (χ4n) is 17.6. The summed E-state index contributed by atoms with van der Waals surface area (Å²) in [6, 6.07) is 178. The van der Waals surface area contributed by atoms with Gasteiger partial charge in [-0.25, -0.2) is 0 Å². The molecular weight excluding hydrogens is 1500 g/mol. The molecule has 0 fully saturated rings. The smallest absolute Gasteiger partial charge is 0.0541 e. The first kappa shape index (κ1) is 76.4. The molecule has 22 rings (SSSR count). The number of hydrogen-bond acceptors (Lipinski definition) is 4. The molecule has 0 atom stereocenters. The third-order valence-electron chi connectivity index (χ3n) is 23.5. The summed E-state index contributed by atoms with van der Waals surface area (Å²) < 4.78 is 4.72. The number of rotatable bonds is 17. The Morgan fingerprint density at radius 2 is 0.363 bits per heavy atom. The maximum absolute atomic E-state index is 2.36. The van der Waals surface area contributed by atoms with Crippen molar-refractivity contribution in [1.82, 2.24) is 9.13 Å². The second kappa shape index (κ2) is 34.6. The predicted molar refractivity (Wildman–Crippen MR) is 528 cm³/mol. The number of para-hydroxylation sites is 8. The predicted octanol–water partition coefficient (Wildman–Crippen LogP) is 33.1. The van der Waals surface area contributed by atoms with Gasteiger partial charge >= 0.3 is 0 Å². The molecule has 2 aromatic heterocycles. The van der Waals surface area contributed by atoms with Crippen molar-refractivity contribution in [2.45, 2.75) is 13.8 Å². The van der Waals surface area contributed by atoms with E-state index in [1.807, 2.05) is 0 Å². The summed E-state index contributed by atoms with van der Waals surface area (Å²) in [5, 5.41) is 10.0. The van der Waals surface area contributed by atoms with Crippen LogP contribution in [-0.2, 0) is 0 Å². The van der Waals surface area contributed by atoms with Gasteiger partial charge in [-0.1, -0.05) is 315 Å². The van der Waals surface area contributed by atoms with E-state index in [1.54, 1.807) is 0 Å². The second-order valence-corrected chi connectivity index (χ2v) is 31.4. The highest BCUT2D eigenvalue weighted by Gasteiger charge is 2.22. The summed E-state index contributed by atoms with van der Waals surface area (Å²) in [7, 11) is 0. The van der Waals surface area contributed by atoms with Crippen molar-refractivity contribution in [3.05, 3.63) is 509 Å². The Bertz CT molecular complexity index is 6890. The van der Waals surface area contributed by atoms with Gasteiger partial charge in [0.25, 0.3) is 0 Å². The molecule has 0 saturated carbocycles. The lowest BCUT2D eigenvalue weighted by Gasteiger charge is -2.27. The highest BCUT2D eigenvalue weighted by atomic mass is 15.2. The average molecular weight is 1590 g/mol. The topological polar surface area (TPSA) is 22.8 Å². The second-order valence-electron chi connectivity index (χ2n) is 31.4. The third-order valence-corrected chi connectivity index (χ3v) is 23.5. The van der Waals surface area contributed by atoms with Crippen LogP contribution in [0.5, 0.6) is 0 Å². The Hall–Kier alpha value is -16.3. The molecule has 0 amide bonds. The normalized spacial score (nSPS) is 11.1. The molecule has 0 unspecified atom stereocenters. The fourth-order valence-corrected chi connectivity index (χ4v) is 17.6. The number of aryl methyl sites for hydroxylation is 2. The summed E-state index contributed by atoms with van der Waals surface area (Å²) >= 11 is 0. The van der Waals surface area contributed by atoms with Crippen molar-refractivity contribution in [3.63, 3.8) is 0 Å². The zero-order valence-corrected chi connectivity index (χ0v) is 69.0. The molecule has 6 nitrogen and oxygen atoms in total. The molecule has 20 aromatic carbocycles. The molecule has 0 saturated heterocycles. The van der Waals surface area contributed by atoms with E-state index in [2.05, 4.69) is 540 Å². The minimum absolute atomic E-state index is 1.12. The van der Waals surface area contributed by atoms with Crippen LogP contribution in [0.15, 0.2) is 497 Å². The molecule has 590 valence electrons. The molecule has 0 bridgehead atoms. The number of nitrogens with zero attached hydrogens (tertiary/aromatic N) is 6. The summed E-state index contributed by atoms with van der Waals surface area (Å²) in [4.78, 5) is 9.30. The van der Waals surface area contributed by atoms with Gasteiger partial charge in [-0.05, 0) is 251 Å².